The van der Waals surface area contributed by atoms with Crippen molar-refractivity contribution >= 4 is 23.1 Å². The van der Waals surface area contributed by atoms with Gasteiger partial charge in [-0.25, -0.2) is 0 Å². The van der Waals surface area contributed by atoms with E-state index in [1.165, 1.54) is 25.7 Å². The molecule has 0 spiro atoms. The first-order valence-electron chi connectivity index (χ1n) is 4.97. The first kappa shape index (κ1) is 16.4. The monoisotopic (exact) mass is 214 g/mol. The summed E-state index contributed by atoms with van der Waals surface area (Å²) in [5.41, 5.74) is -0.520. The van der Waals surface area contributed by atoms with Crippen molar-refractivity contribution in [3.63, 3.8) is 0 Å². The van der Waals surface area contributed by atoms with E-state index in [-0.39, 0.29) is 35.5 Å². The molecule has 1 nitrogen and oxygen atoms in total. The van der Waals surface area contributed by atoms with E-state index in [1.807, 2.05) is 0 Å². The summed E-state index contributed by atoms with van der Waals surface area (Å²) in [6.07, 6.45) is 8.73. The molecule has 1 saturated carbocycles. The minimum absolute atomic E-state index is 0. The van der Waals surface area contributed by atoms with Gasteiger partial charge in [0.15, 0.2) is 0 Å². The predicted molar refractivity (Wildman–Crippen MR) is 51.1 cm³/mol. The van der Waals surface area contributed by atoms with E-state index in [0.717, 1.165) is 25.7 Å². The van der Waals surface area contributed by atoms with Gasteiger partial charge in [-0.3, -0.25) is 0 Å². The zero-order valence-corrected chi connectivity index (χ0v) is 10.8. The molecule has 1 aliphatic rings. The summed E-state index contributed by atoms with van der Waals surface area (Å²) in [4.78, 5) is 0. The van der Waals surface area contributed by atoms with Crippen LogP contribution in [0.2, 0.25) is 0 Å². The van der Waals surface area contributed by atoms with Crippen molar-refractivity contribution in [3.8, 4) is 0 Å². The molecule has 0 aliphatic heterocycles. The molecule has 0 aromatic carbocycles. The minimum atomic E-state index is -0.520. The Morgan fingerprint density at radius 2 is 1.69 bits per heavy atom. The Bertz CT molecular complexity index is 113. The van der Waals surface area contributed by atoms with Crippen molar-refractivity contribution in [1.82, 2.24) is 0 Å². The average Bonchev–Trinajstić information content (AvgIpc) is 2.03. The first-order chi connectivity index (χ1) is 5.27. The summed E-state index contributed by atoms with van der Waals surface area (Å²) in [7, 11) is 0. The Balaban J connectivity index is 0. The Kier molecular flexibility index (Phi) is 10.5. The maximum atomic E-state index is 11.9. The van der Waals surface area contributed by atoms with Gasteiger partial charge in [0, 0.05) is 0 Å². The van der Waals surface area contributed by atoms with E-state index in [4.69, 9.17) is 0 Å². The SMILES string of the molecule is CCCCC1([O-])CCCCC1.[Cl-].[Mg+2]. The van der Waals surface area contributed by atoms with E-state index >= 15 is 0 Å². The summed E-state index contributed by atoms with van der Waals surface area (Å²) in [6.45, 7) is 2.16. The van der Waals surface area contributed by atoms with Crippen molar-refractivity contribution in [2.45, 2.75) is 63.9 Å². The van der Waals surface area contributed by atoms with Gasteiger partial charge < -0.3 is 17.5 Å². The Morgan fingerprint density at radius 1 is 1.15 bits per heavy atom. The Morgan fingerprint density at radius 3 is 2.15 bits per heavy atom. The van der Waals surface area contributed by atoms with Crippen LogP contribution >= 0.6 is 0 Å². The fourth-order valence-electron chi connectivity index (χ4n) is 1.95. The van der Waals surface area contributed by atoms with Gasteiger partial charge in [-0.2, -0.15) is 0 Å². The maximum Gasteiger partial charge on any atom is 2.00 e. The minimum Gasteiger partial charge on any atom is -1.00 e. The molecule has 0 aromatic heterocycles. The maximum absolute atomic E-state index is 11.9. The fraction of sp³-hybridized carbons (Fsp3) is 1.00. The van der Waals surface area contributed by atoms with Crippen LogP contribution in [0.4, 0.5) is 0 Å². The molecule has 0 atom stereocenters. The third-order valence-electron chi connectivity index (χ3n) is 2.75. The van der Waals surface area contributed by atoms with Crippen molar-refractivity contribution < 1.29 is 17.5 Å². The van der Waals surface area contributed by atoms with Gasteiger partial charge in [0.2, 0.25) is 0 Å². The zero-order valence-electron chi connectivity index (χ0n) is 8.65. The Labute approximate surface area is 104 Å². The predicted octanol–water partition coefficient (Wildman–Crippen LogP) is -1.14. The molecule has 1 fully saturated rings. The second-order valence-electron chi connectivity index (χ2n) is 3.85. The molecular formula is C10H19ClMgO. The van der Waals surface area contributed by atoms with Crippen LogP contribution in [0, 0.1) is 0 Å². The molecule has 3 heteroatoms. The summed E-state index contributed by atoms with van der Waals surface area (Å²) in [6, 6.07) is 0. The van der Waals surface area contributed by atoms with E-state index in [0.29, 0.717) is 0 Å². The molecule has 0 radical (unpaired) electrons. The van der Waals surface area contributed by atoms with Gasteiger partial charge in [0.05, 0.1) is 0 Å². The summed E-state index contributed by atoms with van der Waals surface area (Å²) in [5.74, 6) is 0. The van der Waals surface area contributed by atoms with Gasteiger partial charge in [0.1, 0.15) is 0 Å². The van der Waals surface area contributed by atoms with Gasteiger partial charge in [-0.05, 0) is 0 Å². The zero-order chi connectivity index (χ0) is 8.16. The standard InChI is InChI=1S/C10H19O.ClH.Mg/c1-2-3-7-10(11)8-5-4-6-9-10;;/h2-9H2,1H3;1H;/q-1;;+2/p-1. The molecule has 0 saturated heterocycles. The van der Waals surface area contributed by atoms with Crippen LogP contribution in [0.3, 0.4) is 0 Å². The summed E-state index contributed by atoms with van der Waals surface area (Å²) >= 11 is 0. The Hall–Kier alpha value is 1.02. The van der Waals surface area contributed by atoms with E-state index in [9.17, 15) is 5.11 Å². The topological polar surface area (TPSA) is 23.1 Å². The number of hydrogen-bond acceptors (Lipinski definition) is 1. The molecule has 0 bridgehead atoms. The normalized spacial score (nSPS) is 19.8. The molecule has 1 rings (SSSR count). The molecule has 0 amide bonds. The van der Waals surface area contributed by atoms with Crippen molar-refractivity contribution in [3.05, 3.63) is 0 Å². The number of unbranched alkanes of at least 4 members (excludes halogenated alkanes) is 1. The van der Waals surface area contributed by atoms with Gasteiger partial charge >= 0.3 is 23.1 Å². The molecule has 0 aromatic rings. The molecule has 0 unspecified atom stereocenters. The third-order valence-corrected chi connectivity index (χ3v) is 2.75. The molecular weight excluding hydrogens is 196 g/mol. The van der Waals surface area contributed by atoms with Crippen LogP contribution in [0.5, 0.6) is 0 Å². The number of rotatable bonds is 3. The van der Waals surface area contributed by atoms with Gasteiger partial charge in [-0.1, -0.05) is 58.3 Å². The van der Waals surface area contributed by atoms with E-state index in [1.54, 1.807) is 0 Å². The molecule has 13 heavy (non-hydrogen) atoms. The van der Waals surface area contributed by atoms with Crippen molar-refractivity contribution in [2.24, 2.45) is 0 Å². The van der Waals surface area contributed by atoms with Crippen LogP contribution in [-0.2, 0) is 0 Å². The van der Waals surface area contributed by atoms with E-state index in [2.05, 4.69) is 6.92 Å². The van der Waals surface area contributed by atoms with E-state index < -0.39 is 5.60 Å². The summed E-state index contributed by atoms with van der Waals surface area (Å²) in [5, 5.41) is 11.9. The van der Waals surface area contributed by atoms with Crippen LogP contribution in [0.1, 0.15) is 58.3 Å². The largest absolute Gasteiger partial charge is 2.00 e. The fourth-order valence-corrected chi connectivity index (χ4v) is 1.95. The summed E-state index contributed by atoms with van der Waals surface area (Å²) < 4.78 is 0. The second-order valence-corrected chi connectivity index (χ2v) is 3.85. The van der Waals surface area contributed by atoms with Crippen LogP contribution in [0.15, 0.2) is 0 Å². The van der Waals surface area contributed by atoms with Crippen LogP contribution < -0.4 is 17.5 Å². The van der Waals surface area contributed by atoms with Crippen molar-refractivity contribution in [1.29, 1.82) is 0 Å². The van der Waals surface area contributed by atoms with Gasteiger partial charge in [0.25, 0.3) is 0 Å². The van der Waals surface area contributed by atoms with Crippen LogP contribution in [-0.4, -0.2) is 28.7 Å². The van der Waals surface area contributed by atoms with Crippen LogP contribution in [0.25, 0.3) is 0 Å². The quantitative estimate of drug-likeness (QED) is 0.546. The first-order valence-corrected chi connectivity index (χ1v) is 4.97. The number of halogens is 1. The number of hydrogen-bond donors (Lipinski definition) is 0. The smallest absolute Gasteiger partial charge is 1.00 e. The molecule has 0 N–H and O–H groups in total. The molecule has 0 heterocycles. The molecule has 74 valence electrons. The molecule has 1 aliphatic carbocycles. The van der Waals surface area contributed by atoms with Gasteiger partial charge in [-0.15, -0.1) is 5.60 Å². The second kappa shape index (κ2) is 8.33. The average molecular weight is 215 g/mol. The third kappa shape index (κ3) is 6.16. The van der Waals surface area contributed by atoms with Crippen molar-refractivity contribution in [2.75, 3.05) is 0 Å².